The number of nitrogens with zero attached hydrogens (tertiary/aromatic N) is 4. The number of aromatic nitrogens is 2. The van der Waals surface area contributed by atoms with Gasteiger partial charge in [0.05, 0.1) is 44.6 Å². The van der Waals surface area contributed by atoms with Gasteiger partial charge in [-0.15, -0.1) is 22.7 Å². The number of hydrogen-bond acceptors (Lipinski definition) is 4. The summed E-state index contributed by atoms with van der Waals surface area (Å²) in [5.41, 5.74) is 6.45. The molecule has 0 spiro atoms. The fourth-order valence-electron chi connectivity index (χ4n) is 8.02. The number of benzene rings is 7. The maximum absolute atomic E-state index is 10.8. The Morgan fingerprint density at radius 3 is 1.20 bits per heavy atom. The minimum atomic E-state index is 0.506. The van der Waals surface area contributed by atoms with Gasteiger partial charge >= 0.3 is 0 Å². The van der Waals surface area contributed by atoms with Crippen molar-refractivity contribution in [3.63, 3.8) is 0 Å². The van der Waals surface area contributed by atoms with Gasteiger partial charge in [0.25, 0.3) is 0 Å². The van der Waals surface area contributed by atoms with Gasteiger partial charge in [-0.3, -0.25) is 0 Å². The monoisotopic (exact) mass is 670 g/mol. The van der Waals surface area contributed by atoms with E-state index < -0.39 is 0 Å². The highest BCUT2D eigenvalue weighted by atomic mass is 32.1. The van der Waals surface area contributed by atoms with Gasteiger partial charge in [-0.1, -0.05) is 72.8 Å². The predicted molar refractivity (Wildman–Crippen MR) is 210 cm³/mol. The summed E-state index contributed by atoms with van der Waals surface area (Å²) in [6, 6.07) is 51.7. The Hall–Kier alpha value is -6.44. The summed E-state index contributed by atoms with van der Waals surface area (Å²) in [6.07, 6.45) is 0. The third-order valence-electron chi connectivity index (χ3n) is 10.2. The van der Waals surface area contributed by atoms with Crippen molar-refractivity contribution < 1.29 is 0 Å². The minimum Gasteiger partial charge on any atom is -0.308 e. The van der Waals surface area contributed by atoms with E-state index in [0.29, 0.717) is 22.5 Å². The van der Waals surface area contributed by atoms with Crippen molar-refractivity contribution in [1.29, 1.82) is 10.5 Å². The Labute approximate surface area is 293 Å². The topological polar surface area (TPSA) is 57.4 Å². The first-order chi connectivity index (χ1) is 24.7. The number of fused-ring (bicyclic) bond motifs is 12. The van der Waals surface area contributed by atoms with E-state index in [1.54, 1.807) is 22.7 Å². The molecule has 0 amide bonds. The Balaban J connectivity index is 1.22. The second kappa shape index (κ2) is 10.0. The SMILES string of the molecule is N#Cc1cc(-n2c3ccccc3c3cc4c(cc32)sc2ccccc24)c(C#N)cc1-n1c2ccccc2c2cc3c(cc21)sc1ccccc13. The lowest BCUT2D eigenvalue weighted by atomic mass is 10.1. The predicted octanol–water partition coefficient (Wildman–Crippen LogP) is 12.4. The van der Waals surface area contributed by atoms with E-state index in [9.17, 15) is 10.5 Å². The van der Waals surface area contributed by atoms with Gasteiger partial charge in [-0.25, -0.2) is 0 Å². The molecule has 230 valence electrons. The molecule has 0 N–H and O–H groups in total. The first-order valence-electron chi connectivity index (χ1n) is 16.4. The maximum Gasteiger partial charge on any atom is 0.101 e. The Kier molecular flexibility index (Phi) is 5.52. The molecule has 11 rings (SSSR count). The number of nitriles is 2. The van der Waals surface area contributed by atoms with E-state index in [0.717, 1.165) is 43.6 Å². The van der Waals surface area contributed by atoms with Gasteiger partial charge < -0.3 is 9.13 Å². The molecule has 11 aromatic rings. The van der Waals surface area contributed by atoms with Gasteiger partial charge in [0.2, 0.25) is 0 Å². The summed E-state index contributed by atoms with van der Waals surface area (Å²) in [4.78, 5) is 0. The van der Waals surface area contributed by atoms with Crippen LogP contribution in [0.15, 0.2) is 133 Å². The lowest BCUT2D eigenvalue weighted by Crippen LogP contribution is -2.04. The van der Waals surface area contributed by atoms with E-state index >= 15 is 0 Å². The molecule has 4 nitrogen and oxygen atoms in total. The van der Waals surface area contributed by atoms with E-state index in [-0.39, 0.29) is 0 Å². The van der Waals surface area contributed by atoms with E-state index in [1.165, 1.54) is 40.3 Å². The molecule has 7 aromatic carbocycles. The van der Waals surface area contributed by atoms with Crippen LogP contribution >= 0.6 is 22.7 Å². The summed E-state index contributed by atoms with van der Waals surface area (Å²) >= 11 is 3.56. The molecule has 0 saturated carbocycles. The van der Waals surface area contributed by atoms with E-state index in [1.807, 2.05) is 24.3 Å². The van der Waals surface area contributed by atoms with Gasteiger partial charge in [0.1, 0.15) is 12.1 Å². The van der Waals surface area contributed by atoms with Crippen LogP contribution in [0.25, 0.3) is 95.3 Å². The van der Waals surface area contributed by atoms with Crippen LogP contribution in [0, 0.1) is 22.7 Å². The lowest BCUT2D eigenvalue weighted by molar-refractivity contribution is 1.13. The van der Waals surface area contributed by atoms with Gasteiger partial charge in [0.15, 0.2) is 0 Å². The molecular weight excluding hydrogens is 649 g/mol. The zero-order valence-corrected chi connectivity index (χ0v) is 27.9. The van der Waals surface area contributed by atoms with Crippen LogP contribution in [0.5, 0.6) is 0 Å². The summed E-state index contributed by atoms with van der Waals surface area (Å²) in [5, 5.41) is 31.1. The molecule has 0 unspecified atom stereocenters. The molecule has 0 saturated heterocycles. The maximum atomic E-state index is 10.8. The highest BCUT2D eigenvalue weighted by Crippen LogP contribution is 2.43. The van der Waals surface area contributed by atoms with Crippen molar-refractivity contribution in [2.24, 2.45) is 0 Å². The second-order valence-electron chi connectivity index (χ2n) is 12.7. The van der Waals surface area contributed by atoms with Crippen molar-refractivity contribution in [2.75, 3.05) is 0 Å². The van der Waals surface area contributed by atoms with Gasteiger partial charge in [-0.05, 0) is 60.7 Å². The summed E-state index contributed by atoms with van der Waals surface area (Å²) < 4.78 is 9.22. The number of para-hydroxylation sites is 2. The molecule has 6 heteroatoms. The van der Waals surface area contributed by atoms with Crippen LogP contribution in [0.1, 0.15) is 11.1 Å². The molecule has 0 aliphatic rings. The third kappa shape index (κ3) is 3.61. The van der Waals surface area contributed by atoms with Crippen LogP contribution < -0.4 is 0 Å². The fourth-order valence-corrected chi connectivity index (χ4v) is 10.3. The quantitative estimate of drug-likeness (QED) is 0.184. The fraction of sp³-hybridized carbons (Fsp3) is 0. The van der Waals surface area contributed by atoms with Crippen LogP contribution in [-0.2, 0) is 0 Å². The largest absolute Gasteiger partial charge is 0.308 e. The molecular formula is C44H22N4S2. The van der Waals surface area contributed by atoms with Crippen LogP contribution in [-0.4, -0.2) is 9.13 Å². The first kappa shape index (κ1) is 27.5. The van der Waals surface area contributed by atoms with Crippen LogP contribution in [0.3, 0.4) is 0 Å². The molecule has 0 radical (unpaired) electrons. The zero-order valence-electron chi connectivity index (χ0n) is 26.3. The van der Waals surface area contributed by atoms with Crippen molar-refractivity contribution in [2.45, 2.75) is 0 Å². The average Bonchev–Trinajstić information content (AvgIpc) is 3.89. The molecule has 0 aliphatic carbocycles. The number of thiophene rings is 2. The number of rotatable bonds is 2. The Bertz CT molecular complexity index is 3130. The van der Waals surface area contributed by atoms with E-state index in [4.69, 9.17) is 0 Å². The molecule has 4 heterocycles. The smallest absolute Gasteiger partial charge is 0.101 e. The van der Waals surface area contributed by atoms with Gasteiger partial charge in [0, 0.05) is 61.9 Å². The zero-order chi connectivity index (χ0) is 33.1. The highest BCUT2D eigenvalue weighted by molar-refractivity contribution is 7.26. The Morgan fingerprint density at radius 1 is 0.360 bits per heavy atom. The number of hydrogen-bond donors (Lipinski definition) is 0. The first-order valence-corrected chi connectivity index (χ1v) is 18.0. The summed E-state index contributed by atoms with van der Waals surface area (Å²) in [6.45, 7) is 0. The third-order valence-corrected chi connectivity index (χ3v) is 12.4. The van der Waals surface area contributed by atoms with Gasteiger partial charge in [-0.2, -0.15) is 10.5 Å². The molecule has 50 heavy (non-hydrogen) atoms. The highest BCUT2D eigenvalue weighted by Gasteiger charge is 2.22. The van der Waals surface area contributed by atoms with E-state index in [2.05, 4.69) is 130 Å². The van der Waals surface area contributed by atoms with Crippen molar-refractivity contribution in [1.82, 2.24) is 9.13 Å². The molecule has 0 atom stereocenters. The van der Waals surface area contributed by atoms with Crippen LogP contribution in [0.2, 0.25) is 0 Å². The van der Waals surface area contributed by atoms with Crippen molar-refractivity contribution in [3.05, 3.63) is 145 Å². The molecule has 4 aromatic heterocycles. The summed E-state index contributed by atoms with van der Waals surface area (Å²) in [5.74, 6) is 0. The average molecular weight is 671 g/mol. The van der Waals surface area contributed by atoms with Crippen molar-refractivity contribution in [3.8, 4) is 23.5 Å². The van der Waals surface area contributed by atoms with Crippen molar-refractivity contribution >= 4 is 107 Å². The summed E-state index contributed by atoms with van der Waals surface area (Å²) in [7, 11) is 0. The normalized spacial score (nSPS) is 12.0. The second-order valence-corrected chi connectivity index (χ2v) is 14.9. The molecule has 0 fully saturated rings. The minimum absolute atomic E-state index is 0.506. The Morgan fingerprint density at radius 2 is 0.760 bits per heavy atom. The lowest BCUT2D eigenvalue weighted by Gasteiger charge is -2.15. The standard InChI is InChI=1S/C44H22N4S2/c45-23-25-18-38(48-36-14-6-2-10-28(36)32-20-34-30-12-4-8-16-42(30)50-44(34)22-40(32)48)26(24-46)17-37(25)47-35-13-5-1-9-27(35)31-19-33-29-11-3-7-15-41(29)49-43(33)21-39(31)47/h1-22H. The molecule has 0 aliphatic heterocycles. The molecule has 0 bridgehead atoms. The van der Waals surface area contributed by atoms with Crippen LogP contribution in [0.4, 0.5) is 0 Å².